The van der Waals surface area contributed by atoms with Crippen LogP contribution in [-0.2, 0) is 0 Å². The molecule has 3 heteroatoms. The highest BCUT2D eigenvalue weighted by atomic mass is 19.1. The van der Waals surface area contributed by atoms with Crippen molar-refractivity contribution >= 4 is 10.8 Å². The second kappa shape index (κ2) is 4.93. The van der Waals surface area contributed by atoms with E-state index in [-0.39, 0.29) is 5.82 Å². The van der Waals surface area contributed by atoms with Crippen LogP contribution in [0.1, 0.15) is 5.56 Å². The number of aromatic nitrogens is 1. The summed E-state index contributed by atoms with van der Waals surface area (Å²) in [5.41, 5.74) is 2.97. The first-order chi connectivity index (χ1) is 9.69. The quantitative estimate of drug-likeness (QED) is 0.688. The standard InChI is InChI=1S/C17H14FNO/c1-11-3-5-14-12(7-11)9-19-10-16(14)15-6-4-13(18)8-17(15)20-2/h3-10H,1-2H3. The smallest absolute Gasteiger partial charge is 0.129 e. The maximum Gasteiger partial charge on any atom is 0.129 e. The molecule has 1 aromatic heterocycles. The normalized spacial score (nSPS) is 10.8. The van der Waals surface area contributed by atoms with E-state index < -0.39 is 0 Å². The molecule has 0 unspecified atom stereocenters. The Balaban J connectivity index is 2.29. The number of benzene rings is 2. The zero-order valence-electron chi connectivity index (χ0n) is 11.4. The average molecular weight is 267 g/mol. The number of halogens is 1. The third kappa shape index (κ3) is 2.11. The molecule has 0 saturated carbocycles. The van der Waals surface area contributed by atoms with Gasteiger partial charge in [-0.2, -0.15) is 0 Å². The Morgan fingerprint density at radius 3 is 2.65 bits per heavy atom. The van der Waals surface area contributed by atoms with E-state index in [4.69, 9.17) is 4.74 Å². The van der Waals surface area contributed by atoms with E-state index in [1.54, 1.807) is 19.4 Å². The van der Waals surface area contributed by atoms with Crippen LogP contribution in [0.15, 0.2) is 48.8 Å². The van der Waals surface area contributed by atoms with Crippen molar-refractivity contribution in [3.8, 4) is 16.9 Å². The second-order valence-electron chi connectivity index (χ2n) is 4.76. The molecule has 100 valence electrons. The van der Waals surface area contributed by atoms with Crippen molar-refractivity contribution in [3.05, 3.63) is 60.2 Å². The van der Waals surface area contributed by atoms with Gasteiger partial charge in [0.05, 0.1) is 7.11 Å². The summed E-state index contributed by atoms with van der Waals surface area (Å²) in [7, 11) is 1.54. The molecule has 0 N–H and O–H groups in total. The number of aryl methyl sites for hydroxylation is 1. The van der Waals surface area contributed by atoms with Gasteiger partial charge >= 0.3 is 0 Å². The topological polar surface area (TPSA) is 22.1 Å². The van der Waals surface area contributed by atoms with Gasteiger partial charge in [-0.1, -0.05) is 17.7 Å². The van der Waals surface area contributed by atoms with Crippen LogP contribution in [0.5, 0.6) is 5.75 Å². The van der Waals surface area contributed by atoms with Crippen LogP contribution in [0.2, 0.25) is 0 Å². The number of hydrogen-bond donors (Lipinski definition) is 0. The molecule has 0 amide bonds. The first-order valence-corrected chi connectivity index (χ1v) is 6.37. The maximum absolute atomic E-state index is 13.3. The van der Waals surface area contributed by atoms with E-state index in [0.717, 1.165) is 21.9 Å². The summed E-state index contributed by atoms with van der Waals surface area (Å²) in [5.74, 6) is 0.203. The zero-order valence-corrected chi connectivity index (χ0v) is 11.4. The Hall–Kier alpha value is -2.42. The molecule has 3 aromatic rings. The van der Waals surface area contributed by atoms with Crippen molar-refractivity contribution < 1.29 is 9.13 Å². The molecule has 2 nitrogen and oxygen atoms in total. The first-order valence-electron chi connectivity index (χ1n) is 6.37. The molecule has 0 aliphatic carbocycles. The van der Waals surface area contributed by atoms with Crippen molar-refractivity contribution in [1.29, 1.82) is 0 Å². The molecule has 0 spiro atoms. The first kappa shape index (κ1) is 12.6. The monoisotopic (exact) mass is 267 g/mol. The lowest BCUT2D eigenvalue weighted by Crippen LogP contribution is -1.91. The Kier molecular flexibility index (Phi) is 3.11. The lowest BCUT2D eigenvalue weighted by Gasteiger charge is -2.11. The molecule has 0 aliphatic heterocycles. The van der Waals surface area contributed by atoms with Gasteiger partial charge in [0.1, 0.15) is 11.6 Å². The van der Waals surface area contributed by atoms with Gasteiger partial charge in [0.25, 0.3) is 0 Å². The van der Waals surface area contributed by atoms with Gasteiger partial charge in [0, 0.05) is 35.0 Å². The zero-order chi connectivity index (χ0) is 14.1. The van der Waals surface area contributed by atoms with E-state index in [9.17, 15) is 4.39 Å². The SMILES string of the molecule is COc1cc(F)ccc1-c1cncc2cc(C)ccc12. The molecule has 0 aliphatic rings. The predicted molar refractivity (Wildman–Crippen MR) is 78.4 cm³/mol. The van der Waals surface area contributed by atoms with Crippen molar-refractivity contribution in [2.24, 2.45) is 0 Å². The summed E-state index contributed by atoms with van der Waals surface area (Å²) in [4.78, 5) is 4.28. The van der Waals surface area contributed by atoms with Gasteiger partial charge < -0.3 is 4.74 Å². The van der Waals surface area contributed by atoms with Crippen LogP contribution in [0.4, 0.5) is 4.39 Å². The lowest BCUT2D eigenvalue weighted by atomic mass is 9.99. The minimum atomic E-state index is -0.311. The van der Waals surface area contributed by atoms with Crippen LogP contribution in [0, 0.1) is 12.7 Å². The second-order valence-corrected chi connectivity index (χ2v) is 4.76. The van der Waals surface area contributed by atoms with Gasteiger partial charge in [0.15, 0.2) is 0 Å². The summed E-state index contributed by atoms with van der Waals surface area (Å²) in [5, 5.41) is 2.14. The summed E-state index contributed by atoms with van der Waals surface area (Å²) in [6.45, 7) is 2.05. The number of methoxy groups -OCH3 is 1. The fourth-order valence-electron chi connectivity index (χ4n) is 2.40. The minimum Gasteiger partial charge on any atom is -0.496 e. The van der Waals surface area contributed by atoms with Gasteiger partial charge in [-0.3, -0.25) is 4.98 Å². The number of hydrogen-bond acceptors (Lipinski definition) is 2. The van der Waals surface area contributed by atoms with Crippen molar-refractivity contribution in [3.63, 3.8) is 0 Å². The van der Waals surface area contributed by atoms with Crippen molar-refractivity contribution in [2.75, 3.05) is 7.11 Å². The Bertz CT molecular complexity index is 783. The predicted octanol–water partition coefficient (Wildman–Crippen LogP) is 4.36. The highest BCUT2D eigenvalue weighted by Crippen LogP contribution is 2.34. The molecule has 1 heterocycles. The number of ether oxygens (including phenoxy) is 1. The highest BCUT2D eigenvalue weighted by molar-refractivity contribution is 5.97. The number of nitrogens with zero attached hydrogens (tertiary/aromatic N) is 1. The molecular formula is C17H14FNO. The molecule has 2 aromatic carbocycles. The Morgan fingerprint density at radius 1 is 1.00 bits per heavy atom. The third-order valence-electron chi connectivity index (χ3n) is 3.37. The third-order valence-corrected chi connectivity index (χ3v) is 3.37. The fraction of sp³-hybridized carbons (Fsp3) is 0.118. The van der Waals surface area contributed by atoms with E-state index in [0.29, 0.717) is 5.75 Å². The fourth-order valence-corrected chi connectivity index (χ4v) is 2.40. The van der Waals surface area contributed by atoms with E-state index in [1.165, 1.54) is 17.7 Å². The van der Waals surface area contributed by atoms with Gasteiger partial charge in [-0.05, 0) is 30.5 Å². The van der Waals surface area contributed by atoms with E-state index in [1.807, 2.05) is 13.1 Å². The summed E-state index contributed by atoms with van der Waals surface area (Å²) in [6.07, 6.45) is 3.62. The Morgan fingerprint density at radius 2 is 1.85 bits per heavy atom. The van der Waals surface area contributed by atoms with Gasteiger partial charge in [-0.25, -0.2) is 4.39 Å². The number of fused-ring (bicyclic) bond motifs is 1. The average Bonchev–Trinajstić information content (AvgIpc) is 2.46. The minimum absolute atomic E-state index is 0.311. The van der Waals surface area contributed by atoms with Gasteiger partial charge in [0.2, 0.25) is 0 Å². The number of rotatable bonds is 2. The molecule has 3 rings (SSSR count). The van der Waals surface area contributed by atoms with Crippen molar-refractivity contribution in [1.82, 2.24) is 4.98 Å². The summed E-state index contributed by atoms with van der Waals surface area (Å²) >= 11 is 0. The van der Waals surface area contributed by atoms with Crippen LogP contribution in [-0.4, -0.2) is 12.1 Å². The molecule has 0 fully saturated rings. The lowest BCUT2D eigenvalue weighted by molar-refractivity contribution is 0.413. The highest BCUT2D eigenvalue weighted by Gasteiger charge is 2.10. The Labute approximate surface area is 116 Å². The van der Waals surface area contributed by atoms with E-state index >= 15 is 0 Å². The molecule has 20 heavy (non-hydrogen) atoms. The molecular weight excluding hydrogens is 253 g/mol. The molecule has 0 saturated heterocycles. The van der Waals surface area contributed by atoms with Crippen LogP contribution in [0.25, 0.3) is 21.9 Å². The largest absolute Gasteiger partial charge is 0.496 e. The molecule has 0 radical (unpaired) electrons. The van der Waals surface area contributed by atoms with E-state index in [2.05, 4.69) is 23.2 Å². The van der Waals surface area contributed by atoms with Crippen molar-refractivity contribution in [2.45, 2.75) is 6.92 Å². The summed E-state index contributed by atoms with van der Waals surface area (Å²) in [6, 6.07) is 10.8. The summed E-state index contributed by atoms with van der Waals surface area (Å²) < 4.78 is 18.6. The number of pyridine rings is 1. The maximum atomic E-state index is 13.3. The van der Waals surface area contributed by atoms with Gasteiger partial charge in [-0.15, -0.1) is 0 Å². The molecule has 0 atom stereocenters. The van der Waals surface area contributed by atoms with Crippen LogP contribution < -0.4 is 4.74 Å². The van der Waals surface area contributed by atoms with Crippen LogP contribution >= 0.6 is 0 Å². The van der Waals surface area contributed by atoms with Crippen LogP contribution in [0.3, 0.4) is 0 Å². The molecule has 0 bridgehead atoms.